The first-order chi connectivity index (χ1) is 8.95. The Bertz CT molecular complexity index is 252. The second kappa shape index (κ2) is 10.2. The second-order valence-electron chi connectivity index (χ2n) is 5.75. The third-order valence-corrected chi connectivity index (χ3v) is 3.11. The molecule has 0 aromatic heterocycles. The Morgan fingerprint density at radius 1 is 0.789 bits per heavy atom. The molecule has 112 valence electrons. The van der Waals surface area contributed by atoms with E-state index in [1.54, 1.807) is 0 Å². The van der Waals surface area contributed by atoms with Gasteiger partial charge in [-0.05, 0) is 54.4 Å². The van der Waals surface area contributed by atoms with Gasteiger partial charge in [-0.1, -0.05) is 23.3 Å². The summed E-state index contributed by atoms with van der Waals surface area (Å²) < 4.78 is 11.4. The van der Waals surface area contributed by atoms with Crippen LogP contribution in [0.5, 0.6) is 0 Å². The highest BCUT2D eigenvalue weighted by Gasteiger charge is 2.28. The number of allylic oxidation sites excluding steroid dienone is 4. The number of rotatable bonds is 10. The standard InChI is InChI=1S/C17H32O2/c1-7-18-13-17(14-19-8-2,11-9-15(3)4)12-10-16(5)6/h9-10H,7-8,11-14H2,1-6H3. The third-order valence-electron chi connectivity index (χ3n) is 3.11. The fourth-order valence-corrected chi connectivity index (χ4v) is 1.84. The van der Waals surface area contributed by atoms with Crippen molar-refractivity contribution in [3.05, 3.63) is 23.3 Å². The predicted molar refractivity (Wildman–Crippen MR) is 83.5 cm³/mol. The molecule has 0 spiro atoms. The van der Waals surface area contributed by atoms with Gasteiger partial charge in [0.15, 0.2) is 0 Å². The van der Waals surface area contributed by atoms with Crippen molar-refractivity contribution in [3.8, 4) is 0 Å². The smallest absolute Gasteiger partial charge is 0.0550 e. The molecule has 0 aromatic carbocycles. The molecule has 0 fully saturated rings. The van der Waals surface area contributed by atoms with Gasteiger partial charge in [-0.15, -0.1) is 0 Å². The quantitative estimate of drug-likeness (QED) is 0.532. The van der Waals surface area contributed by atoms with E-state index in [-0.39, 0.29) is 5.41 Å². The molecule has 0 rings (SSSR count). The molecule has 0 unspecified atom stereocenters. The zero-order chi connectivity index (χ0) is 14.7. The molecule has 19 heavy (non-hydrogen) atoms. The molecule has 0 atom stereocenters. The summed E-state index contributed by atoms with van der Waals surface area (Å²) >= 11 is 0. The van der Waals surface area contributed by atoms with Gasteiger partial charge in [0.2, 0.25) is 0 Å². The van der Waals surface area contributed by atoms with Crippen LogP contribution in [-0.4, -0.2) is 26.4 Å². The molecular weight excluding hydrogens is 236 g/mol. The molecular formula is C17H32O2. The van der Waals surface area contributed by atoms with Crippen LogP contribution in [0.4, 0.5) is 0 Å². The van der Waals surface area contributed by atoms with Gasteiger partial charge in [-0.3, -0.25) is 0 Å². The minimum Gasteiger partial charge on any atom is -0.381 e. The largest absolute Gasteiger partial charge is 0.381 e. The minimum absolute atomic E-state index is 0.0700. The lowest BCUT2D eigenvalue weighted by Crippen LogP contribution is -2.32. The Kier molecular flexibility index (Phi) is 9.90. The first-order valence-corrected chi connectivity index (χ1v) is 7.38. The van der Waals surface area contributed by atoms with Crippen molar-refractivity contribution in [1.29, 1.82) is 0 Å². The summed E-state index contributed by atoms with van der Waals surface area (Å²) in [5.74, 6) is 0. The average Bonchev–Trinajstić information content (AvgIpc) is 2.37. The lowest BCUT2D eigenvalue weighted by Gasteiger charge is -2.32. The van der Waals surface area contributed by atoms with E-state index >= 15 is 0 Å². The Labute approximate surface area is 119 Å². The van der Waals surface area contributed by atoms with Crippen LogP contribution in [0, 0.1) is 5.41 Å². The van der Waals surface area contributed by atoms with E-state index in [0.29, 0.717) is 0 Å². The molecule has 0 bridgehead atoms. The predicted octanol–water partition coefficient (Wildman–Crippen LogP) is 4.76. The Balaban J connectivity index is 4.93. The lowest BCUT2D eigenvalue weighted by molar-refractivity contribution is -0.0139. The van der Waals surface area contributed by atoms with Crippen molar-refractivity contribution < 1.29 is 9.47 Å². The fourth-order valence-electron chi connectivity index (χ4n) is 1.84. The fraction of sp³-hybridized carbons (Fsp3) is 0.765. The molecule has 0 aromatic rings. The van der Waals surface area contributed by atoms with Crippen LogP contribution in [0.3, 0.4) is 0 Å². The summed E-state index contributed by atoms with van der Waals surface area (Å²) in [6, 6.07) is 0. The average molecular weight is 268 g/mol. The summed E-state index contributed by atoms with van der Waals surface area (Å²) in [6.07, 6.45) is 6.63. The molecule has 0 heterocycles. The molecule has 0 saturated heterocycles. The summed E-state index contributed by atoms with van der Waals surface area (Å²) in [4.78, 5) is 0. The summed E-state index contributed by atoms with van der Waals surface area (Å²) in [5.41, 5.74) is 2.78. The van der Waals surface area contributed by atoms with Crippen LogP contribution in [0.15, 0.2) is 23.3 Å². The number of hydrogen-bond donors (Lipinski definition) is 0. The molecule has 0 radical (unpaired) electrons. The van der Waals surface area contributed by atoms with E-state index in [1.165, 1.54) is 11.1 Å². The zero-order valence-corrected chi connectivity index (χ0v) is 13.7. The Hall–Kier alpha value is -0.600. The molecule has 0 aliphatic heterocycles. The van der Waals surface area contributed by atoms with Gasteiger partial charge in [-0.2, -0.15) is 0 Å². The van der Waals surface area contributed by atoms with Gasteiger partial charge in [0, 0.05) is 18.6 Å². The minimum atomic E-state index is 0.0700. The highest BCUT2D eigenvalue weighted by molar-refractivity contribution is 5.03. The molecule has 2 heteroatoms. The van der Waals surface area contributed by atoms with Crippen molar-refractivity contribution in [2.45, 2.75) is 54.4 Å². The monoisotopic (exact) mass is 268 g/mol. The molecule has 0 amide bonds. The van der Waals surface area contributed by atoms with E-state index in [1.807, 2.05) is 13.8 Å². The first-order valence-electron chi connectivity index (χ1n) is 7.38. The Morgan fingerprint density at radius 3 is 1.42 bits per heavy atom. The van der Waals surface area contributed by atoms with Crippen LogP contribution in [0.2, 0.25) is 0 Å². The van der Waals surface area contributed by atoms with Gasteiger partial charge in [0.1, 0.15) is 0 Å². The maximum Gasteiger partial charge on any atom is 0.0550 e. The normalized spacial score (nSPS) is 11.3. The zero-order valence-electron chi connectivity index (χ0n) is 13.7. The highest BCUT2D eigenvalue weighted by Crippen LogP contribution is 2.30. The van der Waals surface area contributed by atoms with E-state index in [0.717, 1.165) is 39.3 Å². The Morgan fingerprint density at radius 2 is 1.16 bits per heavy atom. The SMILES string of the molecule is CCOCC(CC=C(C)C)(CC=C(C)C)COCC. The molecule has 0 saturated carbocycles. The molecule has 0 aliphatic rings. The molecule has 0 aliphatic carbocycles. The van der Waals surface area contributed by atoms with Crippen molar-refractivity contribution in [3.63, 3.8) is 0 Å². The van der Waals surface area contributed by atoms with Crippen molar-refractivity contribution >= 4 is 0 Å². The molecule has 0 N–H and O–H groups in total. The van der Waals surface area contributed by atoms with Gasteiger partial charge >= 0.3 is 0 Å². The summed E-state index contributed by atoms with van der Waals surface area (Å²) in [5, 5.41) is 0. The van der Waals surface area contributed by atoms with Crippen molar-refractivity contribution in [1.82, 2.24) is 0 Å². The summed E-state index contributed by atoms with van der Waals surface area (Å²) in [7, 11) is 0. The van der Waals surface area contributed by atoms with Gasteiger partial charge < -0.3 is 9.47 Å². The molecule has 2 nitrogen and oxygen atoms in total. The van der Waals surface area contributed by atoms with Crippen molar-refractivity contribution in [2.75, 3.05) is 26.4 Å². The van der Waals surface area contributed by atoms with Crippen molar-refractivity contribution in [2.24, 2.45) is 5.41 Å². The maximum absolute atomic E-state index is 5.72. The number of ether oxygens (including phenoxy) is 2. The van der Waals surface area contributed by atoms with E-state index in [4.69, 9.17) is 9.47 Å². The van der Waals surface area contributed by atoms with Crippen LogP contribution >= 0.6 is 0 Å². The van der Waals surface area contributed by atoms with Crippen LogP contribution in [0.1, 0.15) is 54.4 Å². The van der Waals surface area contributed by atoms with Crippen LogP contribution in [-0.2, 0) is 9.47 Å². The van der Waals surface area contributed by atoms with E-state index < -0.39 is 0 Å². The van der Waals surface area contributed by atoms with Crippen LogP contribution in [0.25, 0.3) is 0 Å². The third kappa shape index (κ3) is 9.01. The lowest BCUT2D eigenvalue weighted by atomic mass is 9.81. The topological polar surface area (TPSA) is 18.5 Å². The number of hydrogen-bond acceptors (Lipinski definition) is 2. The van der Waals surface area contributed by atoms with E-state index in [9.17, 15) is 0 Å². The second-order valence-corrected chi connectivity index (χ2v) is 5.75. The van der Waals surface area contributed by atoms with Gasteiger partial charge in [-0.25, -0.2) is 0 Å². The maximum atomic E-state index is 5.72. The van der Waals surface area contributed by atoms with E-state index in [2.05, 4.69) is 39.8 Å². The highest BCUT2D eigenvalue weighted by atomic mass is 16.5. The van der Waals surface area contributed by atoms with Crippen LogP contribution < -0.4 is 0 Å². The van der Waals surface area contributed by atoms with Gasteiger partial charge in [0.05, 0.1) is 13.2 Å². The first kappa shape index (κ1) is 18.4. The van der Waals surface area contributed by atoms with Gasteiger partial charge in [0.25, 0.3) is 0 Å². The summed E-state index contributed by atoms with van der Waals surface area (Å²) in [6.45, 7) is 15.7.